The van der Waals surface area contributed by atoms with E-state index in [0.29, 0.717) is 25.9 Å². The van der Waals surface area contributed by atoms with Crippen molar-refractivity contribution in [1.82, 2.24) is 0 Å². The van der Waals surface area contributed by atoms with Gasteiger partial charge < -0.3 is 21.7 Å². The number of nitrogens with two attached hydrogens (primary N) is 2. The molecule has 0 aliphatic carbocycles. The van der Waals surface area contributed by atoms with Crippen molar-refractivity contribution in [3.8, 4) is 0 Å². The zero-order valence-electron chi connectivity index (χ0n) is 30.3. The number of fused-ring (bicyclic) bond motifs is 4. The van der Waals surface area contributed by atoms with E-state index in [1.54, 1.807) is 0 Å². The van der Waals surface area contributed by atoms with Gasteiger partial charge in [-0.2, -0.15) is 0 Å². The van der Waals surface area contributed by atoms with Crippen LogP contribution in [0.2, 0.25) is 0 Å². The molecule has 2 unspecified atom stereocenters. The molecule has 7 heteroatoms. The fraction of sp³-hybridized carbons (Fsp3) is 0.125. The van der Waals surface area contributed by atoms with Crippen LogP contribution in [0.15, 0.2) is 180 Å². The van der Waals surface area contributed by atoms with Gasteiger partial charge in [0.25, 0.3) is 0 Å². The van der Waals surface area contributed by atoms with E-state index >= 15 is 0 Å². The molecule has 0 heterocycles. The molecule has 277 valence electrons. The molecule has 8 aromatic carbocycles. The molecule has 0 saturated carbocycles. The third kappa shape index (κ3) is 9.84. The Morgan fingerprint density at radius 2 is 0.745 bits per heavy atom. The summed E-state index contributed by atoms with van der Waals surface area (Å²) in [6.07, 6.45) is 1.01. The van der Waals surface area contributed by atoms with Crippen LogP contribution in [0.1, 0.15) is 22.3 Å². The van der Waals surface area contributed by atoms with Crippen LogP contribution in [0.4, 0.5) is 0 Å². The fourth-order valence-corrected chi connectivity index (χ4v) is 6.81. The second kappa shape index (κ2) is 18.5. The molecule has 2 atom stereocenters. The molecule has 0 aromatic heterocycles. The second-order valence-corrected chi connectivity index (χ2v) is 13.6. The number of rotatable bonds is 10. The first-order chi connectivity index (χ1) is 26.4. The summed E-state index contributed by atoms with van der Waals surface area (Å²) in [5, 5.41) is 34.1. The van der Waals surface area contributed by atoms with Crippen LogP contribution in [-0.2, 0) is 43.0 Å². The third-order valence-electron chi connectivity index (χ3n) is 9.72. The SMILES string of the molecule is NC(Cc1ccccc1)C([O-])=NCc1cccc2cc3ccccc3cc12.NC(Cc1ccccc1)C([O-])=NCc1cccc2cc3ccccc3cc12.[Cu+2]. The monoisotopic (exact) mass is 769 g/mol. The van der Waals surface area contributed by atoms with Crippen molar-refractivity contribution in [2.45, 2.75) is 38.0 Å². The van der Waals surface area contributed by atoms with Gasteiger partial charge in [-0.05, 0) is 114 Å². The van der Waals surface area contributed by atoms with Gasteiger partial charge in [0.2, 0.25) is 0 Å². The van der Waals surface area contributed by atoms with Crippen LogP contribution in [0, 0.1) is 0 Å². The predicted molar refractivity (Wildman–Crippen MR) is 221 cm³/mol. The van der Waals surface area contributed by atoms with Gasteiger partial charge in [0.15, 0.2) is 0 Å². The smallest absolute Gasteiger partial charge is 0.861 e. The van der Waals surface area contributed by atoms with Gasteiger partial charge in [-0.25, -0.2) is 0 Å². The standard InChI is InChI=1S/2C24H22N2O.Cu/c2*25-23(13-17-7-2-1-3-8-17)24(27)26-16-21-12-6-11-20-14-18-9-4-5-10-19(18)15-22(20)21;/h2*1-12,14-15,23H,13,16,25H2,(H,26,27);/q;;+2/p-2. The van der Waals surface area contributed by atoms with Crippen molar-refractivity contribution in [3.63, 3.8) is 0 Å². The van der Waals surface area contributed by atoms with Gasteiger partial charge >= 0.3 is 17.1 Å². The molecule has 0 fully saturated rings. The van der Waals surface area contributed by atoms with Crippen molar-refractivity contribution < 1.29 is 27.3 Å². The molecule has 8 rings (SSSR count). The Morgan fingerprint density at radius 3 is 1.13 bits per heavy atom. The first-order valence-corrected chi connectivity index (χ1v) is 18.2. The quantitative estimate of drug-likeness (QED) is 0.0643. The maximum absolute atomic E-state index is 12.4. The average molecular weight is 770 g/mol. The van der Waals surface area contributed by atoms with E-state index < -0.39 is 12.1 Å². The Kier molecular flexibility index (Phi) is 13.1. The molecule has 0 spiro atoms. The molecule has 0 bridgehead atoms. The average Bonchev–Trinajstić information content (AvgIpc) is 3.21. The van der Waals surface area contributed by atoms with E-state index in [1.807, 2.05) is 109 Å². The second-order valence-electron chi connectivity index (χ2n) is 13.6. The van der Waals surface area contributed by atoms with Crippen molar-refractivity contribution in [2.75, 3.05) is 0 Å². The Hall–Kier alpha value is -5.82. The molecular weight excluding hydrogens is 728 g/mol. The van der Waals surface area contributed by atoms with E-state index in [9.17, 15) is 10.2 Å². The summed E-state index contributed by atoms with van der Waals surface area (Å²) in [5.74, 6) is -0.506. The number of hydrogen-bond acceptors (Lipinski definition) is 6. The number of aliphatic imine (C=N–C) groups is 2. The van der Waals surface area contributed by atoms with E-state index in [1.165, 1.54) is 21.5 Å². The molecule has 0 aliphatic heterocycles. The minimum atomic E-state index is -0.608. The third-order valence-corrected chi connectivity index (χ3v) is 9.72. The molecule has 6 nitrogen and oxygen atoms in total. The van der Waals surface area contributed by atoms with Crippen LogP contribution in [0.25, 0.3) is 43.1 Å². The summed E-state index contributed by atoms with van der Waals surface area (Å²) < 4.78 is 0. The molecule has 0 saturated heterocycles. The molecule has 55 heavy (non-hydrogen) atoms. The summed E-state index contributed by atoms with van der Waals surface area (Å²) >= 11 is 0. The summed E-state index contributed by atoms with van der Waals surface area (Å²) in [5.41, 5.74) is 16.3. The van der Waals surface area contributed by atoms with Crippen LogP contribution >= 0.6 is 0 Å². The van der Waals surface area contributed by atoms with Crippen molar-refractivity contribution >= 4 is 54.9 Å². The van der Waals surface area contributed by atoms with Gasteiger partial charge in [0, 0.05) is 12.1 Å². The fourth-order valence-electron chi connectivity index (χ4n) is 6.81. The minimum Gasteiger partial charge on any atom is -0.861 e. The zero-order valence-corrected chi connectivity index (χ0v) is 31.3. The topological polar surface area (TPSA) is 123 Å². The number of hydrogen-bond donors (Lipinski definition) is 2. The predicted octanol–water partition coefficient (Wildman–Crippen LogP) is 7.64. The first kappa shape index (κ1) is 38.9. The summed E-state index contributed by atoms with van der Waals surface area (Å²) in [6, 6.07) is 55.9. The van der Waals surface area contributed by atoms with Crippen LogP contribution in [-0.4, -0.2) is 23.9 Å². The van der Waals surface area contributed by atoms with E-state index in [0.717, 1.165) is 43.8 Å². The molecule has 0 amide bonds. The first-order valence-electron chi connectivity index (χ1n) is 18.2. The normalized spacial score (nSPS) is 12.9. The van der Waals surface area contributed by atoms with Gasteiger partial charge in [-0.1, -0.05) is 146 Å². The van der Waals surface area contributed by atoms with Crippen LogP contribution in [0.3, 0.4) is 0 Å². The molecular formula is C48H42CuN4O2. The molecule has 4 N–H and O–H groups in total. The summed E-state index contributed by atoms with van der Waals surface area (Å²) in [7, 11) is 0. The van der Waals surface area contributed by atoms with E-state index in [2.05, 4.69) is 70.6 Å². The van der Waals surface area contributed by atoms with Gasteiger partial charge in [-0.3, -0.25) is 9.98 Å². The Labute approximate surface area is 332 Å². The Morgan fingerprint density at radius 1 is 0.418 bits per heavy atom. The summed E-state index contributed by atoms with van der Waals surface area (Å²) in [4.78, 5) is 8.51. The van der Waals surface area contributed by atoms with Crippen LogP contribution in [0.5, 0.6) is 0 Å². The van der Waals surface area contributed by atoms with Gasteiger partial charge in [0.1, 0.15) is 0 Å². The maximum Gasteiger partial charge on any atom is 2.00 e. The molecule has 1 radical (unpaired) electrons. The number of benzene rings is 8. The van der Waals surface area contributed by atoms with Crippen molar-refractivity contribution in [1.29, 1.82) is 0 Å². The Bertz CT molecular complexity index is 2390. The maximum atomic E-state index is 12.4. The number of nitrogens with zero attached hydrogens (tertiary/aromatic N) is 2. The van der Waals surface area contributed by atoms with Crippen molar-refractivity contribution in [3.05, 3.63) is 192 Å². The van der Waals surface area contributed by atoms with Gasteiger partial charge in [-0.15, -0.1) is 0 Å². The minimum absolute atomic E-state index is 0. The zero-order chi connectivity index (χ0) is 37.3. The molecule has 8 aromatic rings. The summed E-state index contributed by atoms with van der Waals surface area (Å²) in [6.45, 7) is 0.688. The Balaban J connectivity index is 0.000000184. The van der Waals surface area contributed by atoms with Gasteiger partial charge in [0.05, 0.1) is 13.1 Å². The van der Waals surface area contributed by atoms with Crippen LogP contribution < -0.4 is 21.7 Å². The molecule has 0 aliphatic rings. The largest absolute Gasteiger partial charge is 2.00 e. The van der Waals surface area contributed by atoms with Crippen molar-refractivity contribution in [2.24, 2.45) is 21.5 Å². The van der Waals surface area contributed by atoms with E-state index in [-0.39, 0.29) is 28.9 Å². The van der Waals surface area contributed by atoms with E-state index in [4.69, 9.17) is 11.5 Å².